The second-order valence-electron chi connectivity index (χ2n) is 6.58. The monoisotopic (exact) mass is 280 g/mol. The van der Waals surface area contributed by atoms with Crippen LogP contribution in [0.25, 0.3) is 0 Å². The van der Waals surface area contributed by atoms with Crippen molar-refractivity contribution in [2.75, 3.05) is 0 Å². The van der Waals surface area contributed by atoms with Gasteiger partial charge in [0.1, 0.15) is 6.10 Å². The number of aliphatic hydroxyl groups excluding tert-OH is 1. The van der Waals surface area contributed by atoms with E-state index in [2.05, 4.69) is 19.9 Å². The number of esters is 1. The average Bonchev–Trinajstić information content (AvgIpc) is 2.95. The quantitative estimate of drug-likeness (QED) is 0.599. The molecule has 1 aliphatic carbocycles. The summed E-state index contributed by atoms with van der Waals surface area (Å²) < 4.78 is 5.40. The summed E-state index contributed by atoms with van der Waals surface area (Å²) in [5, 5.41) is 10.2. The molecule has 6 atom stereocenters. The summed E-state index contributed by atoms with van der Waals surface area (Å²) >= 11 is 0. The number of hydrogen-bond acceptors (Lipinski definition) is 3. The second-order valence-corrected chi connectivity index (χ2v) is 6.58. The Morgan fingerprint density at radius 3 is 2.90 bits per heavy atom. The van der Waals surface area contributed by atoms with Crippen molar-refractivity contribution in [1.29, 1.82) is 0 Å². The molecule has 0 spiro atoms. The van der Waals surface area contributed by atoms with E-state index in [0.29, 0.717) is 17.8 Å². The van der Waals surface area contributed by atoms with Gasteiger partial charge in [-0.2, -0.15) is 0 Å². The first kappa shape index (κ1) is 15.6. The molecule has 0 radical (unpaired) electrons. The number of carbonyl (C=O) groups is 1. The predicted molar refractivity (Wildman–Crippen MR) is 79.1 cm³/mol. The fraction of sp³-hybridized carbons (Fsp3) is 0.824. The minimum absolute atomic E-state index is 0.00630. The highest BCUT2D eigenvalue weighted by Crippen LogP contribution is 2.44. The predicted octanol–water partition coefficient (Wildman–Crippen LogP) is 3.32. The summed E-state index contributed by atoms with van der Waals surface area (Å²) in [6.45, 7) is 6.25. The molecule has 3 heteroatoms. The smallest absolute Gasteiger partial charge is 0.309 e. The lowest BCUT2D eigenvalue weighted by atomic mass is 9.85. The lowest BCUT2D eigenvalue weighted by Crippen LogP contribution is -2.20. The lowest BCUT2D eigenvalue weighted by molar-refractivity contribution is -0.144. The maximum Gasteiger partial charge on any atom is 0.309 e. The molecule has 1 aliphatic heterocycles. The van der Waals surface area contributed by atoms with Gasteiger partial charge in [0.25, 0.3) is 0 Å². The second kappa shape index (κ2) is 6.75. The maximum atomic E-state index is 11.6. The molecular weight excluding hydrogens is 252 g/mol. The number of carbonyl (C=O) groups excluding carboxylic acids is 1. The number of allylic oxidation sites excluding steroid dienone is 1. The molecule has 0 amide bonds. The molecule has 6 unspecified atom stereocenters. The molecule has 114 valence electrons. The van der Waals surface area contributed by atoms with E-state index in [-0.39, 0.29) is 24.1 Å². The van der Waals surface area contributed by atoms with E-state index in [9.17, 15) is 9.90 Å². The Labute approximate surface area is 122 Å². The highest BCUT2D eigenvalue weighted by Gasteiger charge is 2.48. The van der Waals surface area contributed by atoms with Crippen LogP contribution in [0.3, 0.4) is 0 Å². The number of ether oxygens (including phenoxy) is 1. The van der Waals surface area contributed by atoms with Crippen LogP contribution >= 0.6 is 0 Å². The van der Waals surface area contributed by atoms with Gasteiger partial charge in [-0.1, -0.05) is 45.8 Å². The van der Waals surface area contributed by atoms with E-state index in [1.54, 1.807) is 0 Å². The minimum atomic E-state index is -0.367. The normalized spacial score (nSPS) is 36.1. The Morgan fingerprint density at radius 2 is 2.20 bits per heavy atom. The van der Waals surface area contributed by atoms with Gasteiger partial charge in [0.15, 0.2) is 0 Å². The maximum absolute atomic E-state index is 11.6. The van der Waals surface area contributed by atoms with Gasteiger partial charge in [-0.05, 0) is 31.1 Å². The van der Waals surface area contributed by atoms with E-state index in [4.69, 9.17) is 4.74 Å². The molecule has 20 heavy (non-hydrogen) atoms. The molecule has 1 N–H and O–H groups in total. The SMILES string of the molecule is CCCCC(C)C(O)/C=C/C1CCC2OC(=O)C(C)C12. The van der Waals surface area contributed by atoms with E-state index < -0.39 is 0 Å². The third kappa shape index (κ3) is 3.25. The number of hydrogen-bond donors (Lipinski definition) is 1. The lowest BCUT2D eigenvalue weighted by Gasteiger charge is -2.18. The van der Waals surface area contributed by atoms with Crippen LogP contribution in [-0.4, -0.2) is 23.3 Å². The van der Waals surface area contributed by atoms with Gasteiger partial charge in [-0.25, -0.2) is 0 Å². The van der Waals surface area contributed by atoms with Gasteiger partial charge in [0.05, 0.1) is 12.0 Å². The van der Waals surface area contributed by atoms with Crippen molar-refractivity contribution < 1.29 is 14.6 Å². The van der Waals surface area contributed by atoms with Crippen LogP contribution in [0.5, 0.6) is 0 Å². The topological polar surface area (TPSA) is 46.5 Å². The summed E-state index contributed by atoms with van der Waals surface area (Å²) in [4.78, 5) is 11.6. The van der Waals surface area contributed by atoms with Crippen LogP contribution in [0.1, 0.15) is 52.9 Å². The highest BCUT2D eigenvalue weighted by molar-refractivity contribution is 5.75. The van der Waals surface area contributed by atoms with Gasteiger partial charge in [0.2, 0.25) is 0 Å². The van der Waals surface area contributed by atoms with Gasteiger partial charge in [0, 0.05) is 5.92 Å². The van der Waals surface area contributed by atoms with Crippen molar-refractivity contribution >= 4 is 5.97 Å². The summed E-state index contributed by atoms with van der Waals surface area (Å²) in [6.07, 6.45) is 9.27. The molecule has 0 aromatic carbocycles. The van der Waals surface area contributed by atoms with Crippen LogP contribution < -0.4 is 0 Å². The Hall–Kier alpha value is -0.830. The van der Waals surface area contributed by atoms with Gasteiger partial charge in [-0.3, -0.25) is 4.79 Å². The first-order valence-corrected chi connectivity index (χ1v) is 8.11. The van der Waals surface area contributed by atoms with Crippen molar-refractivity contribution in [3.63, 3.8) is 0 Å². The van der Waals surface area contributed by atoms with Crippen LogP contribution in [0.2, 0.25) is 0 Å². The third-order valence-corrected chi connectivity index (χ3v) is 5.08. The van der Waals surface area contributed by atoms with Crippen molar-refractivity contribution in [1.82, 2.24) is 0 Å². The van der Waals surface area contributed by atoms with Crippen molar-refractivity contribution in [2.45, 2.75) is 65.1 Å². The molecule has 3 nitrogen and oxygen atoms in total. The molecule has 1 saturated heterocycles. The Morgan fingerprint density at radius 1 is 1.45 bits per heavy atom. The van der Waals surface area contributed by atoms with Crippen LogP contribution in [0.15, 0.2) is 12.2 Å². The minimum Gasteiger partial charge on any atom is -0.462 e. The zero-order chi connectivity index (χ0) is 14.7. The van der Waals surface area contributed by atoms with E-state index in [1.165, 1.54) is 12.8 Å². The molecule has 2 fully saturated rings. The standard InChI is InChI=1S/C17H28O3/c1-4-5-6-11(2)14(18)9-7-13-8-10-15-16(13)12(3)17(19)20-15/h7,9,11-16,18H,4-6,8,10H2,1-3H3/b9-7+. The van der Waals surface area contributed by atoms with E-state index in [1.807, 2.05) is 13.0 Å². The van der Waals surface area contributed by atoms with Gasteiger partial charge < -0.3 is 9.84 Å². The molecule has 0 bridgehead atoms. The largest absolute Gasteiger partial charge is 0.462 e. The molecule has 1 heterocycles. The van der Waals surface area contributed by atoms with E-state index in [0.717, 1.165) is 19.3 Å². The fourth-order valence-electron chi connectivity index (χ4n) is 3.63. The fourth-order valence-corrected chi connectivity index (χ4v) is 3.63. The third-order valence-electron chi connectivity index (χ3n) is 5.08. The molecule has 0 aromatic rings. The van der Waals surface area contributed by atoms with Crippen LogP contribution in [0.4, 0.5) is 0 Å². The summed E-state index contributed by atoms with van der Waals surface area (Å²) in [6, 6.07) is 0. The van der Waals surface area contributed by atoms with Crippen molar-refractivity contribution in [2.24, 2.45) is 23.7 Å². The van der Waals surface area contributed by atoms with Crippen molar-refractivity contribution in [3.05, 3.63) is 12.2 Å². The molecular formula is C17H28O3. The Kier molecular flexibility index (Phi) is 5.25. The first-order valence-electron chi connectivity index (χ1n) is 8.11. The number of aliphatic hydroxyl groups is 1. The van der Waals surface area contributed by atoms with Crippen LogP contribution in [0, 0.1) is 23.7 Å². The molecule has 2 aliphatic rings. The Bertz CT molecular complexity index is 363. The number of fused-ring (bicyclic) bond motifs is 1. The molecule has 2 rings (SSSR count). The summed E-state index contributed by atoms with van der Waals surface area (Å²) in [5.74, 6) is 0.968. The Balaban J connectivity index is 1.89. The van der Waals surface area contributed by atoms with Crippen molar-refractivity contribution in [3.8, 4) is 0 Å². The summed E-state index contributed by atoms with van der Waals surface area (Å²) in [7, 11) is 0. The van der Waals surface area contributed by atoms with Crippen LogP contribution in [-0.2, 0) is 9.53 Å². The number of unbranched alkanes of at least 4 members (excludes halogenated alkanes) is 1. The van der Waals surface area contributed by atoms with Gasteiger partial charge in [-0.15, -0.1) is 0 Å². The van der Waals surface area contributed by atoms with Gasteiger partial charge >= 0.3 is 5.97 Å². The highest BCUT2D eigenvalue weighted by atomic mass is 16.6. The number of rotatable bonds is 6. The average molecular weight is 280 g/mol. The summed E-state index contributed by atoms with van der Waals surface area (Å²) in [5.41, 5.74) is 0. The van der Waals surface area contributed by atoms with E-state index >= 15 is 0 Å². The zero-order valence-corrected chi connectivity index (χ0v) is 12.9. The molecule has 1 saturated carbocycles. The zero-order valence-electron chi connectivity index (χ0n) is 12.9. The molecule has 0 aromatic heterocycles. The first-order chi connectivity index (χ1) is 9.54.